The Hall–Kier alpha value is -2.11. The number of alkyl halides is 3. The number of nitrogens with one attached hydrogen (secondary N) is 1. The molecule has 0 spiro atoms. The minimum Gasteiger partial charge on any atom is -0.373 e. The summed E-state index contributed by atoms with van der Waals surface area (Å²) in [5, 5.41) is 2.86. The molecule has 0 unspecified atom stereocenters. The van der Waals surface area contributed by atoms with E-state index in [-0.39, 0.29) is 0 Å². The van der Waals surface area contributed by atoms with Crippen LogP contribution < -0.4 is 5.32 Å². The zero-order chi connectivity index (χ0) is 14.0. The van der Waals surface area contributed by atoms with E-state index in [4.69, 9.17) is 0 Å². The highest BCUT2D eigenvalue weighted by molar-refractivity contribution is 5.66. The van der Waals surface area contributed by atoms with Crippen molar-refractivity contribution >= 4 is 5.82 Å². The Morgan fingerprint density at radius 1 is 1.11 bits per heavy atom. The predicted molar refractivity (Wildman–Crippen MR) is 66.8 cm³/mol. The number of hydrogen-bond acceptors (Lipinski definition) is 3. The van der Waals surface area contributed by atoms with Gasteiger partial charge in [0.2, 0.25) is 0 Å². The Kier molecular flexibility index (Phi) is 3.42. The number of anilines is 1. The second-order valence-electron chi connectivity index (χ2n) is 4.07. The average Bonchev–Trinajstić information content (AvgIpc) is 2.37. The third-order valence-corrected chi connectivity index (χ3v) is 2.75. The first-order chi connectivity index (χ1) is 8.91. The minimum atomic E-state index is -4.33. The molecule has 2 aromatic rings. The molecule has 1 aromatic heterocycles. The van der Waals surface area contributed by atoms with Gasteiger partial charge in [0.15, 0.2) is 0 Å². The predicted octanol–water partition coefficient (Wildman–Crippen LogP) is 3.51. The van der Waals surface area contributed by atoms with Crippen molar-refractivity contribution in [2.45, 2.75) is 13.1 Å². The summed E-state index contributed by atoms with van der Waals surface area (Å²) in [5.41, 5.74) is 1.12. The van der Waals surface area contributed by atoms with Gasteiger partial charge in [-0.25, -0.2) is 9.97 Å². The number of nitrogens with zero attached hydrogens (tertiary/aromatic N) is 2. The second-order valence-corrected chi connectivity index (χ2v) is 4.07. The first-order valence-corrected chi connectivity index (χ1v) is 5.60. The van der Waals surface area contributed by atoms with Crippen LogP contribution in [0, 0.1) is 6.92 Å². The number of hydrogen-bond donors (Lipinski definition) is 1. The molecule has 1 aromatic carbocycles. The van der Waals surface area contributed by atoms with Gasteiger partial charge < -0.3 is 5.32 Å². The molecule has 0 saturated carbocycles. The summed E-state index contributed by atoms with van der Waals surface area (Å²) in [7, 11) is 1.71. The monoisotopic (exact) mass is 267 g/mol. The number of aryl methyl sites for hydroxylation is 1. The fraction of sp³-hybridized carbons (Fsp3) is 0.231. The highest BCUT2D eigenvalue weighted by atomic mass is 19.4. The average molecular weight is 267 g/mol. The van der Waals surface area contributed by atoms with E-state index in [1.807, 2.05) is 0 Å². The summed E-state index contributed by atoms with van der Waals surface area (Å²) in [5.74, 6) is 0.615. The fourth-order valence-corrected chi connectivity index (χ4v) is 1.77. The van der Waals surface area contributed by atoms with Crippen LogP contribution in [0.2, 0.25) is 0 Å². The maximum Gasteiger partial charge on any atom is 0.416 e. The van der Waals surface area contributed by atoms with Gasteiger partial charge in [-0.3, -0.25) is 0 Å². The van der Waals surface area contributed by atoms with Gasteiger partial charge in [0.25, 0.3) is 0 Å². The topological polar surface area (TPSA) is 37.8 Å². The number of aromatic nitrogens is 2. The highest BCUT2D eigenvalue weighted by Crippen LogP contribution is 2.32. The normalized spacial score (nSPS) is 11.4. The van der Waals surface area contributed by atoms with Crippen molar-refractivity contribution < 1.29 is 13.2 Å². The molecule has 0 aliphatic carbocycles. The van der Waals surface area contributed by atoms with E-state index in [1.165, 1.54) is 12.4 Å². The summed E-state index contributed by atoms with van der Waals surface area (Å²) in [6.07, 6.45) is -2.95. The molecule has 0 aliphatic rings. The van der Waals surface area contributed by atoms with Crippen molar-refractivity contribution in [3.05, 3.63) is 41.7 Å². The van der Waals surface area contributed by atoms with Gasteiger partial charge in [-0.05, 0) is 24.6 Å². The van der Waals surface area contributed by atoms with Crippen LogP contribution >= 0.6 is 0 Å². The fourth-order valence-electron chi connectivity index (χ4n) is 1.77. The molecule has 2 rings (SSSR count). The lowest BCUT2D eigenvalue weighted by molar-refractivity contribution is -0.137. The summed E-state index contributed by atoms with van der Waals surface area (Å²) in [6, 6.07) is 5.30. The molecule has 0 fully saturated rings. The van der Waals surface area contributed by atoms with E-state index < -0.39 is 11.7 Å². The van der Waals surface area contributed by atoms with E-state index in [2.05, 4.69) is 15.3 Å². The molecule has 0 saturated heterocycles. The van der Waals surface area contributed by atoms with Crippen LogP contribution in [0.4, 0.5) is 19.0 Å². The van der Waals surface area contributed by atoms with E-state index in [9.17, 15) is 13.2 Å². The minimum absolute atomic E-state index is 0.524. The van der Waals surface area contributed by atoms with Gasteiger partial charge in [0.1, 0.15) is 12.1 Å². The molecule has 1 heterocycles. The zero-order valence-electron chi connectivity index (χ0n) is 10.4. The summed E-state index contributed by atoms with van der Waals surface area (Å²) in [4.78, 5) is 8.05. The van der Waals surface area contributed by atoms with Crippen LogP contribution in [0.25, 0.3) is 11.3 Å². The summed E-state index contributed by atoms with van der Waals surface area (Å²) in [6.45, 7) is 1.63. The standard InChI is InChI=1S/C13H12F3N3/c1-8-5-9(13(14,15)16)3-4-10(8)11-6-12(17-2)19-7-18-11/h3-7H,1-2H3,(H,17,18,19). The Bertz CT molecular complexity index is 594. The van der Waals surface area contributed by atoms with Crippen LogP contribution in [-0.4, -0.2) is 17.0 Å². The molecule has 0 atom stereocenters. The van der Waals surface area contributed by atoms with Crippen molar-refractivity contribution in [1.29, 1.82) is 0 Å². The molecule has 1 N–H and O–H groups in total. The van der Waals surface area contributed by atoms with Crippen LogP contribution in [0.5, 0.6) is 0 Å². The second kappa shape index (κ2) is 4.87. The molecule has 19 heavy (non-hydrogen) atoms. The van der Waals surface area contributed by atoms with E-state index >= 15 is 0 Å². The van der Waals surface area contributed by atoms with Crippen molar-refractivity contribution in [1.82, 2.24) is 9.97 Å². The SMILES string of the molecule is CNc1cc(-c2ccc(C(F)(F)F)cc2C)ncn1. The quantitative estimate of drug-likeness (QED) is 0.904. The smallest absolute Gasteiger partial charge is 0.373 e. The molecule has 100 valence electrons. The molecular formula is C13H12F3N3. The number of halogens is 3. The van der Waals surface area contributed by atoms with Gasteiger partial charge in [-0.2, -0.15) is 13.2 Å². The van der Waals surface area contributed by atoms with Crippen LogP contribution in [-0.2, 0) is 6.18 Å². The van der Waals surface area contributed by atoms with E-state index in [1.54, 1.807) is 20.0 Å². The first-order valence-electron chi connectivity index (χ1n) is 5.60. The van der Waals surface area contributed by atoms with Gasteiger partial charge >= 0.3 is 6.18 Å². The first kappa shape index (κ1) is 13.3. The van der Waals surface area contributed by atoms with Crippen LogP contribution in [0.3, 0.4) is 0 Å². The number of benzene rings is 1. The van der Waals surface area contributed by atoms with Gasteiger partial charge in [-0.15, -0.1) is 0 Å². The number of rotatable bonds is 2. The van der Waals surface area contributed by atoms with Crippen molar-refractivity contribution in [2.75, 3.05) is 12.4 Å². The van der Waals surface area contributed by atoms with Crippen molar-refractivity contribution in [3.8, 4) is 11.3 Å². The Morgan fingerprint density at radius 3 is 2.42 bits per heavy atom. The van der Waals surface area contributed by atoms with Gasteiger partial charge in [0.05, 0.1) is 11.3 Å². The summed E-state index contributed by atoms with van der Waals surface area (Å²) >= 11 is 0. The molecule has 0 radical (unpaired) electrons. The molecule has 0 aliphatic heterocycles. The van der Waals surface area contributed by atoms with E-state index in [0.717, 1.165) is 12.1 Å². The molecular weight excluding hydrogens is 255 g/mol. The Morgan fingerprint density at radius 2 is 1.84 bits per heavy atom. The van der Waals surface area contributed by atoms with Crippen LogP contribution in [0.15, 0.2) is 30.6 Å². The zero-order valence-corrected chi connectivity index (χ0v) is 10.4. The Balaban J connectivity index is 2.46. The molecule has 6 heteroatoms. The third-order valence-electron chi connectivity index (χ3n) is 2.75. The maximum atomic E-state index is 12.6. The largest absolute Gasteiger partial charge is 0.416 e. The molecule has 0 bridgehead atoms. The summed E-state index contributed by atoms with van der Waals surface area (Å²) < 4.78 is 37.8. The lowest BCUT2D eigenvalue weighted by Crippen LogP contribution is -2.05. The van der Waals surface area contributed by atoms with Gasteiger partial charge in [0, 0.05) is 18.7 Å². The third kappa shape index (κ3) is 2.83. The molecule has 0 amide bonds. The molecule has 3 nitrogen and oxygen atoms in total. The van der Waals surface area contributed by atoms with Crippen molar-refractivity contribution in [3.63, 3.8) is 0 Å². The van der Waals surface area contributed by atoms with E-state index in [0.29, 0.717) is 22.6 Å². The van der Waals surface area contributed by atoms with Crippen LogP contribution in [0.1, 0.15) is 11.1 Å². The van der Waals surface area contributed by atoms with Gasteiger partial charge in [-0.1, -0.05) is 6.07 Å². The highest BCUT2D eigenvalue weighted by Gasteiger charge is 2.30. The Labute approximate surface area is 108 Å². The van der Waals surface area contributed by atoms with Crippen molar-refractivity contribution in [2.24, 2.45) is 0 Å². The maximum absolute atomic E-state index is 12.6. The lowest BCUT2D eigenvalue weighted by Gasteiger charge is -2.11. The lowest BCUT2D eigenvalue weighted by atomic mass is 10.0.